The number of nitrogens with one attached hydrogen (secondary N) is 2. The molecular formula is C13H13N3O3. The van der Waals surface area contributed by atoms with Crippen LogP contribution in [0.5, 0.6) is 0 Å². The van der Waals surface area contributed by atoms with Crippen LogP contribution in [0.1, 0.15) is 6.92 Å². The van der Waals surface area contributed by atoms with Crippen LogP contribution in [0.2, 0.25) is 0 Å². The minimum absolute atomic E-state index is 0.557. The zero-order valence-corrected chi connectivity index (χ0v) is 10.3. The highest BCUT2D eigenvalue weighted by atomic mass is 16.4. The van der Waals surface area contributed by atoms with E-state index in [9.17, 15) is 9.59 Å². The Morgan fingerprint density at radius 3 is 2.84 bits per heavy atom. The zero-order chi connectivity index (χ0) is 13.8. The predicted octanol–water partition coefficient (Wildman–Crippen LogP) is 1.83. The number of carboxylic acid groups (broad SMARTS) is 1. The van der Waals surface area contributed by atoms with Gasteiger partial charge in [0, 0.05) is 17.3 Å². The van der Waals surface area contributed by atoms with Gasteiger partial charge in [0.05, 0.1) is 5.52 Å². The van der Waals surface area contributed by atoms with Crippen molar-refractivity contribution in [3.05, 3.63) is 36.5 Å². The van der Waals surface area contributed by atoms with Gasteiger partial charge in [-0.05, 0) is 31.2 Å². The number of nitrogens with zero attached hydrogens (tertiary/aromatic N) is 1. The number of urea groups is 1. The average molecular weight is 259 g/mol. The molecule has 0 spiro atoms. The van der Waals surface area contributed by atoms with E-state index in [2.05, 4.69) is 15.6 Å². The number of carbonyl (C=O) groups is 2. The third-order valence-electron chi connectivity index (χ3n) is 2.58. The van der Waals surface area contributed by atoms with E-state index in [4.69, 9.17) is 5.11 Å². The molecule has 0 aliphatic rings. The number of anilines is 1. The summed E-state index contributed by atoms with van der Waals surface area (Å²) in [6.07, 6.45) is 1.69. The number of benzene rings is 1. The van der Waals surface area contributed by atoms with E-state index >= 15 is 0 Å². The highest BCUT2D eigenvalue weighted by Gasteiger charge is 2.13. The first-order valence-corrected chi connectivity index (χ1v) is 5.71. The molecule has 1 aromatic heterocycles. The lowest BCUT2D eigenvalue weighted by Crippen LogP contribution is -2.40. The number of amides is 2. The molecule has 19 heavy (non-hydrogen) atoms. The van der Waals surface area contributed by atoms with Crippen LogP contribution >= 0.6 is 0 Å². The average Bonchev–Trinajstić information content (AvgIpc) is 2.38. The first-order valence-electron chi connectivity index (χ1n) is 5.71. The van der Waals surface area contributed by atoms with Gasteiger partial charge in [-0.3, -0.25) is 9.78 Å². The van der Waals surface area contributed by atoms with Gasteiger partial charge in [0.1, 0.15) is 6.04 Å². The van der Waals surface area contributed by atoms with Gasteiger partial charge in [0.25, 0.3) is 0 Å². The second kappa shape index (κ2) is 5.34. The maximum absolute atomic E-state index is 11.6. The minimum Gasteiger partial charge on any atom is -0.480 e. The fraction of sp³-hybridized carbons (Fsp3) is 0.154. The van der Waals surface area contributed by atoms with Crippen molar-refractivity contribution in [1.29, 1.82) is 0 Å². The van der Waals surface area contributed by atoms with Crippen molar-refractivity contribution in [2.24, 2.45) is 0 Å². The molecule has 1 heterocycles. The van der Waals surface area contributed by atoms with Crippen LogP contribution < -0.4 is 10.6 Å². The Kier molecular flexibility index (Phi) is 3.61. The van der Waals surface area contributed by atoms with E-state index in [-0.39, 0.29) is 0 Å². The quantitative estimate of drug-likeness (QED) is 0.784. The molecule has 6 heteroatoms. The Morgan fingerprint density at radius 1 is 1.32 bits per heavy atom. The molecule has 0 aliphatic heterocycles. The molecule has 0 unspecified atom stereocenters. The van der Waals surface area contributed by atoms with Crippen LogP contribution in [0.25, 0.3) is 10.9 Å². The Hall–Kier alpha value is -2.63. The van der Waals surface area contributed by atoms with Crippen molar-refractivity contribution in [2.45, 2.75) is 13.0 Å². The maximum Gasteiger partial charge on any atom is 0.325 e. The van der Waals surface area contributed by atoms with Crippen molar-refractivity contribution >= 4 is 28.6 Å². The standard InChI is InChI=1S/C13H13N3O3/c1-8(12(17)18)15-13(19)16-10-4-5-11-9(7-10)3-2-6-14-11/h2-8H,1H3,(H,17,18)(H2,15,16,19)/t8-/m0/s1. The number of carbonyl (C=O) groups excluding carboxylic acids is 1. The van der Waals surface area contributed by atoms with Gasteiger partial charge >= 0.3 is 12.0 Å². The normalized spacial score (nSPS) is 11.8. The van der Waals surface area contributed by atoms with Gasteiger partial charge in [-0.2, -0.15) is 0 Å². The molecule has 0 radical (unpaired) electrons. The summed E-state index contributed by atoms with van der Waals surface area (Å²) in [5, 5.41) is 14.5. The lowest BCUT2D eigenvalue weighted by Gasteiger charge is -2.11. The zero-order valence-electron chi connectivity index (χ0n) is 10.3. The van der Waals surface area contributed by atoms with E-state index in [1.165, 1.54) is 6.92 Å². The summed E-state index contributed by atoms with van der Waals surface area (Å²) in [6.45, 7) is 1.40. The second-order valence-electron chi connectivity index (χ2n) is 4.07. The third kappa shape index (κ3) is 3.19. The first kappa shape index (κ1) is 12.8. The summed E-state index contributed by atoms with van der Waals surface area (Å²) in [6, 6.07) is 7.45. The molecule has 98 valence electrons. The lowest BCUT2D eigenvalue weighted by molar-refractivity contribution is -0.138. The van der Waals surface area contributed by atoms with E-state index < -0.39 is 18.0 Å². The van der Waals surface area contributed by atoms with Crippen LogP contribution in [0, 0.1) is 0 Å². The van der Waals surface area contributed by atoms with Crippen LogP contribution in [-0.2, 0) is 4.79 Å². The smallest absolute Gasteiger partial charge is 0.325 e. The van der Waals surface area contributed by atoms with Gasteiger partial charge in [-0.25, -0.2) is 4.79 Å². The van der Waals surface area contributed by atoms with Crippen LogP contribution in [-0.4, -0.2) is 28.1 Å². The largest absolute Gasteiger partial charge is 0.480 e. The van der Waals surface area contributed by atoms with E-state index in [0.717, 1.165) is 10.9 Å². The van der Waals surface area contributed by atoms with Crippen molar-refractivity contribution < 1.29 is 14.7 Å². The van der Waals surface area contributed by atoms with Gasteiger partial charge in [0.2, 0.25) is 0 Å². The molecule has 6 nitrogen and oxygen atoms in total. The topological polar surface area (TPSA) is 91.3 Å². The number of aromatic nitrogens is 1. The molecule has 2 amide bonds. The Bertz CT molecular complexity index is 627. The fourth-order valence-electron chi connectivity index (χ4n) is 1.58. The highest BCUT2D eigenvalue weighted by Crippen LogP contribution is 2.16. The maximum atomic E-state index is 11.6. The fourth-order valence-corrected chi connectivity index (χ4v) is 1.58. The molecular weight excluding hydrogens is 246 g/mol. The Labute approximate surface area is 109 Å². The molecule has 3 N–H and O–H groups in total. The molecule has 0 aliphatic carbocycles. The van der Waals surface area contributed by atoms with Gasteiger partial charge in [0.15, 0.2) is 0 Å². The van der Waals surface area contributed by atoms with Gasteiger partial charge in [-0.1, -0.05) is 6.07 Å². The number of fused-ring (bicyclic) bond motifs is 1. The van der Waals surface area contributed by atoms with E-state index in [0.29, 0.717) is 5.69 Å². The summed E-state index contributed by atoms with van der Waals surface area (Å²) in [4.78, 5) is 26.3. The van der Waals surface area contributed by atoms with Crippen LogP contribution in [0.4, 0.5) is 10.5 Å². The molecule has 2 rings (SSSR count). The molecule has 2 aromatic rings. The minimum atomic E-state index is -1.09. The van der Waals surface area contributed by atoms with Crippen molar-refractivity contribution in [3.8, 4) is 0 Å². The molecule has 0 bridgehead atoms. The van der Waals surface area contributed by atoms with Crippen molar-refractivity contribution in [3.63, 3.8) is 0 Å². The van der Waals surface area contributed by atoms with Crippen LogP contribution in [0.15, 0.2) is 36.5 Å². The number of pyridine rings is 1. The molecule has 0 saturated heterocycles. The summed E-state index contributed by atoms with van der Waals surface area (Å²) < 4.78 is 0. The lowest BCUT2D eigenvalue weighted by atomic mass is 10.2. The van der Waals surface area contributed by atoms with Gasteiger partial charge in [-0.15, -0.1) is 0 Å². The monoisotopic (exact) mass is 259 g/mol. The van der Waals surface area contributed by atoms with E-state index in [1.807, 2.05) is 6.07 Å². The number of carboxylic acids is 1. The molecule has 0 fully saturated rings. The summed E-state index contributed by atoms with van der Waals surface area (Å²) in [5.74, 6) is -1.09. The number of rotatable bonds is 3. The molecule has 0 saturated carbocycles. The summed E-state index contributed by atoms with van der Waals surface area (Å²) in [7, 11) is 0. The third-order valence-corrected chi connectivity index (χ3v) is 2.58. The van der Waals surface area contributed by atoms with Crippen molar-refractivity contribution in [2.75, 3.05) is 5.32 Å². The second-order valence-corrected chi connectivity index (χ2v) is 4.07. The van der Waals surface area contributed by atoms with Crippen LogP contribution in [0.3, 0.4) is 0 Å². The molecule has 1 atom stereocenters. The Morgan fingerprint density at radius 2 is 2.11 bits per heavy atom. The summed E-state index contributed by atoms with van der Waals surface area (Å²) in [5.41, 5.74) is 1.41. The summed E-state index contributed by atoms with van der Waals surface area (Å²) >= 11 is 0. The molecule has 1 aromatic carbocycles. The SMILES string of the molecule is C[C@H](NC(=O)Nc1ccc2ncccc2c1)C(=O)O. The van der Waals surface area contributed by atoms with E-state index in [1.54, 1.807) is 30.5 Å². The van der Waals surface area contributed by atoms with Gasteiger partial charge < -0.3 is 15.7 Å². The predicted molar refractivity (Wildman–Crippen MR) is 71.0 cm³/mol. The number of hydrogen-bond donors (Lipinski definition) is 3. The number of hydrogen-bond acceptors (Lipinski definition) is 3. The first-order chi connectivity index (χ1) is 9.06. The highest BCUT2D eigenvalue weighted by molar-refractivity contribution is 5.94. The number of aliphatic carboxylic acids is 1. The Balaban J connectivity index is 2.09. The van der Waals surface area contributed by atoms with Crippen molar-refractivity contribution in [1.82, 2.24) is 10.3 Å².